The van der Waals surface area contributed by atoms with Crippen molar-refractivity contribution in [3.8, 4) is 0 Å². The molecule has 0 aliphatic heterocycles. The van der Waals surface area contributed by atoms with Crippen molar-refractivity contribution in [3.63, 3.8) is 0 Å². The lowest BCUT2D eigenvalue weighted by Crippen LogP contribution is -2.37. The molecule has 1 N–H and O–H groups in total. The maximum absolute atomic E-state index is 13.0. The molecule has 0 saturated heterocycles. The summed E-state index contributed by atoms with van der Waals surface area (Å²) in [4.78, 5) is 30.0. The molecule has 0 bridgehead atoms. The zero-order valence-corrected chi connectivity index (χ0v) is 17.9. The number of hydrogen-bond donors (Lipinski definition) is 1. The van der Waals surface area contributed by atoms with Crippen molar-refractivity contribution in [3.05, 3.63) is 54.6 Å². The van der Waals surface area contributed by atoms with Gasteiger partial charge in [-0.1, -0.05) is 48.5 Å². The van der Waals surface area contributed by atoms with Crippen LogP contribution in [-0.4, -0.2) is 24.7 Å². The molecular weight excluding hydrogens is 413 g/mol. The first-order valence-corrected chi connectivity index (χ1v) is 10.5. The van der Waals surface area contributed by atoms with Gasteiger partial charge >= 0.3 is 5.69 Å². The molecule has 29 heavy (non-hydrogen) atoms. The first-order chi connectivity index (χ1) is 13.9. The Morgan fingerprint density at radius 3 is 2.48 bits per heavy atom. The highest BCUT2D eigenvalue weighted by atomic mass is 35.5. The molecule has 154 valence electrons. The van der Waals surface area contributed by atoms with Gasteiger partial charge in [0.05, 0.1) is 16.6 Å². The van der Waals surface area contributed by atoms with Crippen molar-refractivity contribution in [2.75, 3.05) is 5.32 Å². The largest absolute Gasteiger partial charge is 0.353 e. The first-order valence-electron chi connectivity index (χ1n) is 9.73. The Morgan fingerprint density at radius 2 is 1.79 bits per heavy atom. The van der Waals surface area contributed by atoms with Gasteiger partial charge in [-0.25, -0.2) is 4.79 Å². The summed E-state index contributed by atoms with van der Waals surface area (Å²) in [6.07, 6.45) is 5.71. The molecule has 0 unspecified atom stereocenters. The predicted molar refractivity (Wildman–Crippen MR) is 116 cm³/mol. The van der Waals surface area contributed by atoms with Gasteiger partial charge in [0.2, 0.25) is 5.95 Å². The highest BCUT2D eigenvalue weighted by molar-refractivity contribution is 6.42. The minimum atomic E-state index is -0.397. The van der Waals surface area contributed by atoms with Crippen molar-refractivity contribution in [1.82, 2.24) is 18.7 Å². The number of benzene rings is 1. The number of halogens is 2. The number of imidazole rings is 1. The minimum absolute atomic E-state index is 0.300. The number of nitrogens with zero attached hydrogens (tertiary/aromatic N) is 4. The van der Waals surface area contributed by atoms with Crippen LogP contribution >= 0.6 is 23.2 Å². The van der Waals surface area contributed by atoms with Crippen molar-refractivity contribution < 1.29 is 0 Å². The summed E-state index contributed by atoms with van der Waals surface area (Å²) in [5, 5.41) is 4.44. The molecule has 0 spiro atoms. The van der Waals surface area contributed by atoms with Gasteiger partial charge in [0.15, 0.2) is 11.2 Å². The standard InChI is InChI=1S/C20H23Cl2N5O2/c1-25-17-16(18(28)26(2)20(25)29)27(11-12-8-9-14(21)15(22)10-12)19(24-17)23-13-6-4-3-5-7-13/h8-10,13H,3-7,11H2,1-2H3,(H,23,24). The van der Waals surface area contributed by atoms with Crippen LogP contribution in [-0.2, 0) is 20.6 Å². The Kier molecular flexibility index (Phi) is 5.44. The van der Waals surface area contributed by atoms with Crippen LogP contribution in [0, 0.1) is 0 Å². The van der Waals surface area contributed by atoms with Crippen LogP contribution in [0.5, 0.6) is 0 Å². The highest BCUT2D eigenvalue weighted by Gasteiger charge is 2.22. The van der Waals surface area contributed by atoms with Gasteiger partial charge in [-0.05, 0) is 30.5 Å². The molecule has 4 rings (SSSR count). The third kappa shape index (κ3) is 3.69. The van der Waals surface area contributed by atoms with Gasteiger partial charge in [-0.2, -0.15) is 4.98 Å². The van der Waals surface area contributed by atoms with Crippen molar-refractivity contribution in [2.45, 2.75) is 44.7 Å². The number of anilines is 1. The molecule has 2 aromatic heterocycles. The molecular formula is C20H23Cl2N5O2. The summed E-state index contributed by atoms with van der Waals surface area (Å²) in [5.74, 6) is 0.594. The van der Waals surface area contributed by atoms with E-state index in [2.05, 4.69) is 10.3 Å². The minimum Gasteiger partial charge on any atom is -0.353 e. The van der Waals surface area contributed by atoms with E-state index < -0.39 is 5.69 Å². The molecule has 0 amide bonds. The van der Waals surface area contributed by atoms with Crippen LogP contribution in [0.25, 0.3) is 11.2 Å². The second kappa shape index (κ2) is 7.88. The van der Waals surface area contributed by atoms with Gasteiger partial charge in [0.1, 0.15) is 0 Å². The number of fused-ring (bicyclic) bond motifs is 1. The molecule has 1 aliphatic rings. The number of aryl methyl sites for hydroxylation is 1. The summed E-state index contributed by atoms with van der Waals surface area (Å²) in [5.41, 5.74) is 0.884. The smallest absolute Gasteiger partial charge is 0.332 e. The molecule has 1 saturated carbocycles. The average Bonchev–Trinajstić information content (AvgIpc) is 3.06. The molecule has 3 aromatic rings. The summed E-state index contributed by atoms with van der Waals surface area (Å²) in [7, 11) is 3.11. The summed E-state index contributed by atoms with van der Waals surface area (Å²) in [6.45, 7) is 0.385. The van der Waals surface area contributed by atoms with Gasteiger partial charge < -0.3 is 5.32 Å². The quantitative estimate of drug-likeness (QED) is 0.679. The molecule has 9 heteroatoms. The molecule has 0 atom stereocenters. The van der Waals surface area contributed by atoms with E-state index in [9.17, 15) is 9.59 Å². The van der Waals surface area contributed by atoms with Gasteiger partial charge in [-0.15, -0.1) is 0 Å². The third-order valence-corrected chi connectivity index (χ3v) is 6.35. The van der Waals surface area contributed by atoms with Crippen molar-refractivity contribution >= 4 is 40.3 Å². The van der Waals surface area contributed by atoms with Gasteiger partial charge in [-0.3, -0.25) is 18.5 Å². The van der Waals surface area contributed by atoms with Crippen molar-refractivity contribution in [2.24, 2.45) is 14.1 Å². The highest BCUT2D eigenvalue weighted by Crippen LogP contribution is 2.26. The molecule has 1 aromatic carbocycles. The first kappa shape index (κ1) is 20.0. The summed E-state index contributed by atoms with van der Waals surface area (Å²) < 4.78 is 4.36. The van der Waals surface area contributed by atoms with Crippen LogP contribution in [0.4, 0.5) is 5.95 Å². The van der Waals surface area contributed by atoms with Crippen molar-refractivity contribution in [1.29, 1.82) is 0 Å². The van der Waals surface area contributed by atoms with Gasteiger partial charge in [0.25, 0.3) is 5.56 Å². The fourth-order valence-electron chi connectivity index (χ4n) is 3.96. The number of nitrogens with one attached hydrogen (secondary N) is 1. The van der Waals surface area contributed by atoms with Crippen LogP contribution < -0.4 is 16.6 Å². The summed E-state index contributed by atoms with van der Waals surface area (Å²) >= 11 is 12.2. The number of hydrogen-bond acceptors (Lipinski definition) is 4. The number of aromatic nitrogens is 4. The Hall–Kier alpha value is -2.25. The Bertz CT molecular complexity index is 1190. The fourth-order valence-corrected chi connectivity index (χ4v) is 4.28. The average molecular weight is 436 g/mol. The SMILES string of the molecule is Cn1c(=O)c2c(nc(NC3CCCCC3)n2Cc2ccc(Cl)c(Cl)c2)n(C)c1=O. The van der Waals surface area contributed by atoms with E-state index in [1.165, 1.54) is 30.9 Å². The fraction of sp³-hybridized carbons (Fsp3) is 0.450. The molecule has 0 radical (unpaired) electrons. The lowest BCUT2D eigenvalue weighted by molar-refractivity contribution is 0.459. The number of rotatable bonds is 4. The second-order valence-corrected chi connectivity index (χ2v) is 8.44. The van der Waals surface area contributed by atoms with E-state index in [0.29, 0.717) is 39.7 Å². The normalized spacial score (nSPS) is 15.2. The monoisotopic (exact) mass is 435 g/mol. The van der Waals surface area contributed by atoms with E-state index in [1.54, 1.807) is 19.2 Å². The third-order valence-electron chi connectivity index (χ3n) is 5.61. The maximum Gasteiger partial charge on any atom is 0.332 e. The van der Waals surface area contributed by atoms with Crippen LogP contribution in [0.15, 0.2) is 27.8 Å². The molecule has 7 nitrogen and oxygen atoms in total. The lowest BCUT2D eigenvalue weighted by Gasteiger charge is -2.23. The Balaban J connectivity index is 1.88. The lowest BCUT2D eigenvalue weighted by atomic mass is 9.96. The van der Waals surface area contributed by atoms with Crippen LogP contribution in [0.2, 0.25) is 10.0 Å². The maximum atomic E-state index is 13.0. The molecule has 2 heterocycles. The van der Waals surface area contributed by atoms with E-state index >= 15 is 0 Å². The van der Waals surface area contributed by atoms with Crippen LogP contribution in [0.1, 0.15) is 37.7 Å². The molecule has 1 aliphatic carbocycles. The zero-order valence-electron chi connectivity index (χ0n) is 16.4. The Labute approximate surface area is 177 Å². The van der Waals surface area contributed by atoms with Gasteiger partial charge in [0, 0.05) is 20.1 Å². The van der Waals surface area contributed by atoms with E-state index in [0.717, 1.165) is 23.0 Å². The topological polar surface area (TPSA) is 73.8 Å². The van der Waals surface area contributed by atoms with E-state index in [-0.39, 0.29) is 5.56 Å². The predicted octanol–water partition coefficient (Wildman–Crippen LogP) is 3.53. The Morgan fingerprint density at radius 1 is 1.07 bits per heavy atom. The van der Waals surface area contributed by atoms with E-state index in [1.807, 2.05) is 10.6 Å². The zero-order chi connectivity index (χ0) is 20.7. The van der Waals surface area contributed by atoms with Crippen LogP contribution in [0.3, 0.4) is 0 Å². The molecule has 1 fully saturated rings. The summed E-state index contributed by atoms with van der Waals surface area (Å²) in [6, 6.07) is 5.69. The van der Waals surface area contributed by atoms with E-state index in [4.69, 9.17) is 23.2 Å². The second-order valence-electron chi connectivity index (χ2n) is 7.63.